The lowest BCUT2D eigenvalue weighted by atomic mass is 10.2. The SMILES string of the molecule is CSc1ccccc1NC(=O)c1cc(F)ccc1Br. The Hall–Kier alpha value is -1.33. The number of carbonyl (C=O) groups is 1. The molecule has 2 nitrogen and oxygen atoms in total. The molecule has 1 amide bonds. The van der Waals surface area contributed by atoms with Gasteiger partial charge in [0.1, 0.15) is 5.82 Å². The standard InChI is InChI=1S/C14H11BrFNOS/c1-19-13-5-3-2-4-12(13)17-14(18)10-8-9(16)6-7-11(10)15/h2-8H,1H3,(H,17,18). The number of carbonyl (C=O) groups excluding carboxylic acids is 1. The van der Waals surface area contributed by atoms with Gasteiger partial charge in [0.25, 0.3) is 5.91 Å². The predicted molar refractivity (Wildman–Crippen MR) is 80.3 cm³/mol. The third-order valence-electron chi connectivity index (χ3n) is 2.53. The summed E-state index contributed by atoms with van der Waals surface area (Å²) in [5, 5.41) is 2.79. The fourth-order valence-corrected chi connectivity index (χ4v) is 2.59. The summed E-state index contributed by atoms with van der Waals surface area (Å²) in [4.78, 5) is 13.1. The molecular weight excluding hydrogens is 329 g/mol. The summed E-state index contributed by atoms with van der Waals surface area (Å²) in [6.45, 7) is 0. The minimum atomic E-state index is -0.438. The van der Waals surface area contributed by atoms with Gasteiger partial charge in [0, 0.05) is 9.37 Å². The predicted octanol–water partition coefficient (Wildman–Crippen LogP) is 4.56. The number of hydrogen-bond acceptors (Lipinski definition) is 2. The molecule has 0 spiro atoms. The average molecular weight is 340 g/mol. The van der Waals surface area contributed by atoms with Crippen molar-refractivity contribution in [3.05, 3.63) is 58.3 Å². The van der Waals surface area contributed by atoms with Crippen LogP contribution in [0.3, 0.4) is 0 Å². The van der Waals surface area contributed by atoms with Crippen molar-refractivity contribution in [2.24, 2.45) is 0 Å². The van der Waals surface area contributed by atoms with E-state index in [2.05, 4.69) is 21.2 Å². The Labute approximate surface area is 123 Å². The normalized spacial score (nSPS) is 10.3. The molecule has 0 bridgehead atoms. The van der Waals surface area contributed by atoms with E-state index < -0.39 is 5.82 Å². The van der Waals surface area contributed by atoms with Crippen LogP contribution in [0.4, 0.5) is 10.1 Å². The second-order valence-corrected chi connectivity index (χ2v) is 5.48. The number of nitrogens with one attached hydrogen (secondary N) is 1. The van der Waals surface area contributed by atoms with E-state index in [9.17, 15) is 9.18 Å². The third kappa shape index (κ3) is 3.36. The zero-order valence-corrected chi connectivity index (χ0v) is 12.5. The molecule has 5 heteroatoms. The fraction of sp³-hybridized carbons (Fsp3) is 0.0714. The summed E-state index contributed by atoms with van der Waals surface area (Å²) in [6.07, 6.45) is 1.93. The van der Waals surface area contributed by atoms with Crippen LogP contribution in [0.5, 0.6) is 0 Å². The highest BCUT2D eigenvalue weighted by molar-refractivity contribution is 9.10. The molecule has 0 aromatic heterocycles. The molecule has 0 aliphatic rings. The largest absolute Gasteiger partial charge is 0.321 e. The number of hydrogen-bond donors (Lipinski definition) is 1. The molecular formula is C14H11BrFNOS. The Morgan fingerprint density at radius 2 is 2.00 bits per heavy atom. The van der Waals surface area contributed by atoms with Gasteiger partial charge in [0.05, 0.1) is 11.3 Å². The molecule has 2 rings (SSSR count). The molecule has 98 valence electrons. The smallest absolute Gasteiger partial charge is 0.256 e. The molecule has 1 N–H and O–H groups in total. The maximum absolute atomic E-state index is 13.2. The summed E-state index contributed by atoms with van der Waals surface area (Å²) in [6, 6.07) is 11.5. The number of thioether (sulfide) groups is 1. The monoisotopic (exact) mass is 339 g/mol. The average Bonchev–Trinajstić information content (AvgIpc) is 2.42. The highest BCUT2D eigenvalue weighted by Gasteiger charge is 2.12. The molecule has 0 aliphatic carbocycles. The van der Waals surface area contributed by atoms with Gasteiger partial charge in [-0.1, -0.05) is 12.1 Å². The number of benzene rings is 2. The first-order valence-electron chi connectivity index (χ1n) is 5.51. The molecule has 2 aromatic rings. The number of anilines is 1. The lowest BCUT2D eigenvalue weighted by Crippen LogP contribution is -2.13. The van der Waals surface area contributed by atoms with Gasteiger partial charge in [0.15, 0.2) is 0 Å². The molecule has 2 aromatic carbocycles. The highest BCUT2D eigenvalue weighted by atomic mass is 79.9. The number of amides is 1. The van der Waals surface area contributed by atoms with E-state index >= 15 is 0 Å². The van der Waals surface area contributed by atoms with Gasteiger partial charge in [-0.25, -0.2) is 4.39 Å². The topological polar surface area (TPSA) is 29.1 Å². The molecule has 19 heavy (non-hydrogen) atoms. The summed E-state index contributed by atoms with van der Waals surface area (Å²) in [7, 11) is 0. The van der Waals surface area contributed by atoms with Crippen LogP contribution in [0, 0.1) is 5.82 Å². The minimum Gasteiger partial charge on any atom is -0.321 e. The molecule has 0 radical (unpaired) electrons. The zero-order valence-electron chi connectivity index (χ0n) is 10.1. The lowest BCUT2D eigenvalue weighted by Gasteiger charge is -2.10. The van der Waals surface area contributed by atoms with E-state index in [1.807, 2.05) is 30.5 Å². The van der Waals surface area contributed by atoms with Gasteiger partial charge in [0.2, 0.25) is 0 Å². The van der Waals surface area contributed by atoms with Gasteiger partial charge in [-0.15, -0.1) is 11.8 Å². The van der Waals surface area contributed by atoms with Crippen molar-refractivity contribution in [3.63, 3.8) is 0 Å². The first-order valence-corrected chi connectivity index (χ1v) is 7.53. The Kier molecular flexibility index (Phi) is 4.61. The molecule has 0 heterocycles. The Balaban J connectivity index is 2.28. The van der Waals surface area contributed by atoms with Gasteiger partial charge in [-0.2, -0.15) is 0 Å². The molecule has 0 atom stereocenters. The second kappa shape index (κ2) is 6.21. The first kappa shape index (κ1) is 14.1. The van der Waals surface area contributed by atoms with E-state index in [1.54, 1.807) is 0 Å². The van der Waals surface area contributed by atoms with Crippen molar-refractivity contribution in [2.75, 3.05) is 11.6 Å². The lowest BCUT2D eigenvalue weighted by molar-refractivity contribution is 0.102. The maximum atomic E-state index is 13.2. The Morgan fingerprint density at radius 3 is 2.74 bits per heavy atom. The highest BCUT2D eigenvalue weighted by Crippen LogP contribution is 2.26. The van der Waals surface area contributed by atoms with E-state index in [1.165, 1.54) is 30.0 Å². The van der Waals surface area contributed by atoms with Crippen LogP contribution >= 0.6 is 27.7 Å². The minimum absolute atomic E-state index is 0.274. The van der Waals surface area contributed by atoms with E-state index in [4.69, 9.17) is 0 Å². The number of rotatable bonds is 3. The third-order valence-corrected chi connectivity index (χ3v) is 4.02. The van der Waals surface area contributed by atoms with Gasteiger partial charge < -0.3 is 5.32 Å². The number of halogens is 2. The van der Waals surface area contributed by atoms with Crippen LogP contribution in [-0.4, -0.2) is 12.2 Å². The second-order valence-electron chi connectivity index (χ2n) is 3.78. The van der Waals surface area contributed by atoms with Crippen LogP contribution in [-0.2, 0) is 0 Å². The molecule has 0 fully saturated rings. The van der Waals surface area contributed by atoms with E-state index in [0.29, 0.717) is 4.47 Å². The van der Waals surface area contributed by atoms with Crippen LogP contribution in [0.2, 0.25) is 0 Å². The van der Waals surface area contributed by atoms with Crippen LogP contribution in [0.1, 0.15) is 10.4 Å². The van der Waals surface area contributed by atoms with Crippen LogP contribution < -0.4 is 5.32 Å². The zero-order chi connectivity index (χ0) is 13.8. The molecule has 0 unspecified atom stereocenters. The van der Waals surface area contributed by atoms with E-state index in [-0.39, 0.29) is 11.5 Å². The van der Waals surface area contributed by atoms with Crippen LogP contribution in [0.25, 0.3) is 0 Å². The summed E-state index contributed by atoms with van der Waals surface area (Å²) in [5.41, 5.74) is 0.993. The fourth-order valence-electron chi connectivity index (χ4n) is 1.61. The summed E-state index contributed by atoms with van der Waals surface area (Å²) in [5.74, 6) is -0.778. The van der Waals surface area contributed by atoms with Gasteiger partial charge in [-0.3, -0.25) is 4.79 Å². The van der Waals surface area contributed by atoms with Crippen molar-refractivity contribution >= 4 is 39.3 Å². The summed E-state index contributed by atoms with van der Waals surface area (Å²) < 4.78 is 13.7. The van der Waals surface area contributed by atoms with Crippen molar-refractivity contribution in [2.45, 2.75) is 4.90 Å². The maximum Gasteiger partial charge on any atom is 0.256 e. The van der Waals surface area contributed by atoms with Crippen molar-refractivity contribution < 1.29 is 9.18 Å². The van der Waals surface area contributed by atoms with Crippen molar-refractivity contribution in [1.29, 1.82) is 0 Å². The van der Waals surface area contributed by atoms with Crippen molar-refractivity contribution in [3.8, 4) is 0 Å². The Morgan fingerprint density at radius 1 is 1.26 bits per heavy atom. The molecule has 0 saturated heterocycles. The van der Waals surface area contributed by atoms with Crippen molar-refractivity contribution in [1.82, 2.24) is 0 Å². The molecule has 0 saturated carbocycles. The first-order chi connectivity index (χ1) is 9.11. The van der Waals surface area contributed by atoms with Crippen LogP contribution in [0.15, 0.2) is 51.8 Å². The summed E-state index contributed by atoms with van der Waals surface area (Å²) >= 11 is 4.79. The molecule has 0 aliphatic heterocycles. The van der Waals surface area contributed by atoms with Gasteiger partial charge in [-0.05, 0) is 52.5 Å². The number of para-hydroxylation sites is 1. The van der Waals surface area contributed by atoms with E-state index in [0.717, 1.165) is 10.6 Å². The van der Waals surface area contributed by atoms with Gasteiger partial charge >= 0.3 is 0 Å². The Bertz CT molecular complexity index is 618. The quantitative estimate of drug-likeness (QED) is 0.830.